The molecule has 148 valence electrons. The van der Waals surface area contributed by atoms with E-state index in [-0.39, 0.29) is 5.56 Å². The topological polar surface area (TPSA) is 55.1 Å². The molecule has 4 aromatic rings. The second-order valence-electron chi connectivity index (χ2n) is 7.53. The molecule has 0 saturated carbocycles. The van der Waals surface area contributed by atoms with Gasteiger partial charge in [0.25, 0.3) is 5.56 Å². The van der Waals surface area contributed by atoms with Gasteiger partial charge in [-0.15, -0.1) is 0 Å². The normalized spacial score (nSPS) is 12.5. The lowest BCUT2D eigenvalue weighted by atomic mass is 10.1. The van der Waals surface area contributed by atoms with Crippen LogP contribution in [-0.2, 0) is 13.2 Å². The van der Waals surface area contributed by atoms with Gasteiger partial charge in [-0.3, -0.25) is 9.36 Å². The lowest BCUT2D eigenvalue weighted by Gasteiger charge is -2.22. The summed E-state index contributed by atoms with van der Waals surface area (Å²) in [5.41, 5.74) is 4.24. The molecule has 4 rings (SSSR count). The average molecular weight is 406 g/mol. The van der Waals surface area contributed by atoms with Crippen LogP contribution in [0.4, 0.5) is 0 Å². The monoisotopic (exact) mass is 405 g/mol. The van der Waals surface area contributed by atoms with E-state index >= 15 is 0 Å². The number of benzene rings is 2. The van der Waals surface area contributed by atoms with Gasteiger partial charge in [0, 0.05) is 5.39 Å². The van der Waals surface area contributed by atoms with Crippen molar-refractivity contribution in [2.45, 2.75) is 34.0 Å². The highest BCUT2D eigenvalue weighted by Gasteiger charge is 2.15. The molecular formula is C23H25N4OS+. The molecule has 0 aliphatic carbocycles. The van der Waals surface area contributed by atoms with E-state index in [9.17, 15) is 4.79 Å². The van der Waals surface area contributed by atoms with Crippen molar-refractivity contribution >= 4 is 34.0 Å². The summed E-state index contributed by atoms with van der Waals surface area (Å²) in [6.07, 6.45) is 0. The molecule has 1 atom stereocenters. The Kier molecular flexibility index (Phi) is 5.30. The SMILES string of the molecule is CC[NH+](Cc1nc2ccccc2c(=O)[nH]1)Cn1c(=S)cc(C)c2cccc(C)c21. The maximum atomic E-state index is 12.4. The lowest BCUT2D eigenvalue weighted by Crippen LogP contribution is -3.09. The Morgan fingerprint density at radius 2 is 1.83 bits per heavy atom. The van der Waals surface area contributed by atoms with Crippen molar-refractivity contribution in [3.63, 3.8) is 0 Å². The van der Waals surface area contributed by atoms with E-state index in [1.807, 2.05) is 18.2 Å². The number of aromatic amines is 1. The maximum absolute atomic E-state index is 12.4. The summed E-state index contributed by atoms with van der Waals surface area (Å²) in [6, 6.07) is 15.9. The summed E-state index contributed by atoms with van der Waals surface area (Å²) in [5, 5.41) is 1.85. The van der Waals surface area contributed by atoms with Crippen LogP contribution in [0.25, 0.3) is 21.8 Å². The van der Waals surface area contributed by atoms with E-state index in [2.05, 4.69) is 59.6 Å². The van der Waals surface area contributed by atoms with Gasteiger partial charge in [-0.2, -0.15) is 0 Å². The first kappa shape index (κ1) is 19.5. The van der Waals surface area contributed by atoms with Crippen LogP contribution in [0.1, 0.15) is 23.9 Å². The molecule has 2 heterocycles. The fourth-order valence-corrected chi connectivity index (χ4v) is 4.25. The Morgan fingerprint density at radius 1 is 1.07 bits per heavy atom. The number of nitrogens with one attached hydrogen (secondary N) is 2. The Bertz CT molecular complexity index is 1320. The first-order chi connectivity index (χ1) is 14.0. The number of H-pyrrole nitrogens is 1. The molecule has 0 fully saturated rings. The van der Waals surface area contributed by atoms with Crippen LogP contribution >= 0.6 is 12.2 Å². The fraction of sp³-hybridized carbons (Fsp3) is 0.261. The van der Waals surface area contributed by atoms with Crippen LogP contribution < -0.4 is 10.5 Å². The summed E-state index contributed by atoms with van der Waals surface area (Å²) in [6.45, 7) is 8.60. The summed E-state index contributed by atoms with van der Waals surface area (Å²) in [4.78, 5) is 21.3. The number of pyridine rings is 1. The molecule has 2 N–H and O–H groups in total. The van der Waals surface area contributed by atoms with E-state index in [4.69, 9.17) is 12.2 Å². The number of aryl methyl sites for hydroxylation is 2. The van der Waals surface area contributed by atoms with Crippen LogP contribution in [0.15, 0.2) is 53.3 Å². The van der Waals surface area contributed by atoms with Gasteiger partial charge >= 0.3 is 0 Å². The molecule has 0 saturated heterocycles. The summed E-state index contributed by atoms with van der Waals surface area (Å²) in [5.74, 6) is 0.699. The summed E-state index contributed by atoms with van der Waals surface area (Å²) in [7, 11) is 0. The van der Waals surface area contributed by atoms with Crippen LogP contribution in [0, 0.1) is 18.5 Å². The third-order valence-electron chi connectivity index (χ3n) is 5.50. The minimum absolute atomic E-state index is 0.0886. The third kappa shape index (κ3) is 3.73. The summed E-state index contributed by atoms with van der Waals surface area (Å²) >= 11 is 5.72. The first-order valence-corrected chi connectivity index (χ1v) is 10.3. The zero-order valence-corrected chi connectivity index (χ0v) is 17.8. The molecule has 2 aromatic carbocycles. The molecule has 1 unspecified atom stereocenters. The Balaban J connectivity index is 1.72. The standard InChI is InChI=1S/C23H24N4OS/c1-4-26(13-20-24-19-11-6-5-9-18(19)23(28)25-20)14-27-21(29)12-16(3)17-10-7-8-15(2)22(17)27/h5-12H,4,13-14H2,1-3H3,(H,24,25,28)/p+1. The van der Waals surface area contributed by atoms with Gasteiger partial charge in [0.1, 0.15) is 11.2 Å². The number of hydrogen-bond acceptors (Lipinski definition) is 3. The molecule has 0 bridgehead atoms. The minimum atomic E-state index is -0.0886. The van der Waals surface area contributed by atoms with Gasteiger partial charge in [0.15, 0.2) is 12.5 Å². The van der Waals surface area contributed by atoms with Gasteiger partial charge in [-0.05, 0) is 50.1 Å². The van der Waals surface area contributed by atoms with Gasteiger partial charge in [0.2, 0.25) is 0 Å². The largest absolute Gasteiger partial charge is 0.311 e. The quantitative estimate of drug-likeness (QED) is 0.501. The average Bonchev–Trinajstić information content (AvgIpc) is 2.70. The highest BCUT2D eigenvalue weighted by atomic mass is 32.1. The lowest BCUT2D eigenvalue weighted by molar-refractivity contribution is -0.935. The molecule has 0 aliphatic heterocycles. The van der Waals surface area contributed by atoms with Gasteiger partial charge in [-0.1, -0.05) is 42.5 Å². The maximum Gasteiger partial charge on any atom is 0.258 e. The smallest absolute Gasteiger partial charge is 0.258 e. The third-order valence-corrected chi connectivity index (χ3v) is 5.84. The van der Waals surface area contributed by atoms with E-state index in [0.717, 1.165) is 16.7 Å². The number of quaternary nitrogens is 1. The van der Waals surface area contributed by atoms with Gasteiger partial charge in [-0.25, -0.2) is 4.98 Å². The Labute approximate surface area is 174 Å². The molecule has 0 spiro atoms. The van der Waals surface area contributed by atoms with Crippen molar-refractivity contribution in [1.29, 1.82) is 0 Å². The molecule has 6 heteroatoms. The van der Waals surface area contributed by atoms with Crippen LogP contribution in [0.5, 0.6) is 0 Å². The van der Waals surface area contributed by atoms with E-state index < -0.39 is 0 Å². The second-order valence-corrected chi connectivity index (χ2v) is 7.95. The van der Waals surface area contributed by atoms with Gasteiger partial charge < -0.3 is 9.88 Å². The number of hydrogen-bond donors (Lipinski definition) is 2. The Hall–Kier alpha value is -2.83. The second kappa shape index (κ2) is 7.89. The highest BCUT2D eigenvalue weighted by Crippen LogP contribution is 2.22. The molecule has 0 amide bonds. The van der Waals surface area contributed by atoms with Crippen LogP contribution in [-0.4, -0.2) is 21.1 Å². The predicted molar refractivity (Wildman–Crippen MR) is 120 cm³/mol. The first-order valence-electron chi connectivity index (χ1n) is 9.89. The number of nitrogens with zero attached hydrogens (tertiary/aromatic N) is 2. The fourth-order valence-electron chi connectivity index (χ4n) is 3.92. The molecule has 0 aliphatic rings. The van der Waals surface area contributed by atoms with Crippen molar-refractivity contribution in [3.8, 4) is 0 Å². The number of aromatic nitrogens is 3. The van der Waals surface area contributed by atoms with Crippen molar-refractivity contribution < 1.29 is 4.90 Å². The van der Waals surface area contributed by atoms with Crippen molar-refractivity contribution in [2.75, 3.05) is 6.54 Å². The Morgan fingerprint density at radius 3 is 2.62 bits per heavy atom. The molecule has 2 aromatic heterocycles. The van der Waals surface area contributed by atoms with E-state index in [1.54, 1.807) is 6.07 Å². The highest BCUT2D eigenvalue weighted by molar-refractivity contribution is 7.71. The number of fused-ring (bicyclic) bond motifs is 2. The molecule has 29 heavy (non-hydrogen) atoms. The zero-order valence-electron chi connectivity index (χ0n) is 17.0. The molecular weight excluding hydrogens is 380 g/mol. The minimum Gasteiger partial charge on any atom is -0.311 e. The predicted octanol–water partition coefficient (Wildman–Crippen LogP) is 3.29. The van der Waals surface area contributed by atoms with Crippen molar-refractivity contribution in [3.05, 3.63) is 80.5 Å². The number of rotatable bonds is 5. The molecule has 5 nitrogen and oxygen atoms in total. The van der Waals surface area contributed by atoms with Crippen LogP contribution in [0.3, 0.4) is 0 Å². The van der Waals surface area contributed by atoms with Gasteiger partial charge in [0.05, 0.1) is 23.0 Å². The van der Waals surface area contributed by atoms with Crippen LogP contribution in [0.2, 0.25) is 0 Å². The van der Waals surface area contributed by atoms with E-state index in [0.29, 0.717) is 24.4 Å². The number of para-hydroxylation sites is 2. The molecule has 0 radical (unpaired) electrons. The summed E-state index contributed by atoms with van der Waals surface area (Å²) < 4.78 is 3.04. The van der Waals surface area contributed by atoms with Crippen molar-refractivity contribution in [1.82, 2.24) is 14.5 Å². The van der Waals surface area contributed by atoms with Crippen molar-refractivity contribution in [2.24, 2.45) is 0 Å². The zero-order chi connectivity index (χ0) is 20.5. The van der Waals surface area contributed by atoms with E-state index in [1.165, 1.54) is 26.9 Å².